The molecule has 0 aromatic heterocycles. The van der Waals surface area contributed by atoms with E-state index in [4.69, 9.17) is 5.11 Å². The van der Waals surface area contributed by atoms with Gasteiger partial charge in [-0.1, -0.05) is 23.8 Å². The summed E-state index contributed by atoms with van der Waals surface area (Å²) in [6.07, 6.45) is 0. The summed E-state index contributed by atoms with van der Waals surface area (Å²) in [7, 11) is -1.27. The van der Waals surface area contributed by atoms with Gasteiger partial charge in [0.15, 0.2) is 0 Å². The van der Waals surface area contributed by atoms with Crippen LogP contribution in [0.15, 0.2) is 45.8 Å². The molecule has 1 atom stereocenters. The normalized spacial score (nSPS) is 12.1. The second-order valence-electron chi connectivity index (χ2n) is 4.87. The number of carboxylic acids is 1. The van der Waals surface area contributed by atoms with Crippen LogP contribution in [0, 0.1) is 13.8 Å². The van der Waals surface area contributed by atoms with Crippen molar-refractivity contribution >= 4 is 32.7 Å². The lowest BCUT2D eigenvalue weighted by atomic mass is 10.1. The van der Waals surface area contributed by atoms with Gasteiger partial charge in [0.2, 0.25) is 0 Å². The van der Waals surface area contributed by atoms with Gasteiger partial charge in [0.05, 0.1) is 22.1 Å². The van der Waals surface area contributed by atoms with Crippen LogP contribution in [0.25, 0.3) is 0 Å². The van der Waals surface area contributed by atoms with Gasteiger partial charge in [-0.2, -0.15) is 0 Å². The fraction of sp³-hybridized carbons (Fsp3) is 0.188. The van der Waals surface area contributed by atoms with E-state index in [9.17, 15) is 9.00 Å². The second-order valence-corrected chi connectivity index (χ2v) is 7.17. The van der Waals surface area contributed by atoms with Crippen molar-refractivity contribution < 1.29 is 14.1 Å². The number of rotatable bonds is 4. The third kappa shape index (κ3) is 3.80. The lowest BCUT2D eigenvalue weighted by Gasteiger charge is -2.08. The maximum absolute atomic E-state index is 12.5. The minimum Gasteiger partial charge on any atom is -0.478 e. The molecule has 0 spiro atoms. The third-order valence-corrected chi connectivity index (χ3v) is 5.27. The number of hydrogen-bond donors (Lipinski definition) is 1. The zero-order valence-electron chi connectivity index (χ0n) is 11.7. The molecule has 3 nitrogen and oxygen atoms in total. The minimum absolute atomic E-state index is 0.127. The summed E-state index contributed by atoms with van der Waals surface area (Å²) in [5.41, 5.74) is 3.36. The fourth-order valence-corrected chi connectivity index (χ4v) is 3.64. The summed E-state index contributed by atoms with van der Waals surface area (Å²) in [4.78, 5) is 11.6. The molecular formula is C16H15BrO3S. The Bertz CT molecular complexity index is 725. The van der Waals surface area contributed by atoms with E-state index in [0.29, 0.717) is 15.1 Å². The van der Waals surface area contributed by atoms with Crippen molar-refractivity contribution in [2.45, 2.75) is 24.5 Å². The number of benzene rings is 2. The van der Waals surface area contributed by atoms with Gasteiger partial charge >= 0.3 is 5.97 Å². The van der Waals surface area contributed by atoms with Crippen LogP contribution in [0.3, 0.4) is 0 Å². The second kappa shape index (κ2) is 6.54. The van der Waals surface area contributed by atoms with Crippen LogP contribution in [0.1, 0.15) is 27.0 Å². The largest absolute Gasteiger partial charge is 0.478 e. The molecule has 0 aliphatic rings. The minimum atomic E-state index is -1.27. The highest BCUT2D eigenvalue weighted by molar-refractivity contribution is 9.10. The van der Waals surface area contributed by atoms with Crippen LogP contribution in [0.5, 0.6) is 0 Å². The molecule has 110 valence electrons. The molecule has 1 unspecified atom stereocenters. The first kappa shape index (κ1) is 15.9. The molecule has 0 bridgehead atoms. The number of carbonyl (C=O) groups is 1. The summed E-state index contributed by atoms with van der Waals surface area (Å²) in [5, 5.41) is 9.11. The van der Waals surface area contributed by atoms with E-state index >= 15 is 0 Å². The topological polar surface area (TPSA) is 54.4 Å². The molecule has 0 fully saturated rings. The van der Waals surface area contributed by atoms with Gasteiger partial charge in [-0.25, -0.2) is 4.79 Å². The molecule has 2 rings (SSSR count). The molecule has 0 saturated heterocycles. The van der Waals surface area contributed by atoms with Gasteiger partial charge in [-0.05, 0) is 59.1 Å². The summed E-state index contributed by atoms with van der Waals surface area (Å²) < 4.78 is 13.0. The molecule has 0 saturated carbocycles. The van der Waals surface area contributed by atoms with Gasteiger partial charge in [0, 0.05) is 9.37 Å². The highest BCUT2D eigenvalue weighted by Crippen LogP contribution is 2.22. The zero-order chi connectivity index (χ0) is 15.6. The fourth-order valence-electron chi connectivity index (χ4n) is 1.99. The van der Waals surface area contributed by atoms with Crippen LogP contribution in [0.2, 0.25) is 0 Å². The number of aryl methyl sites for hydroxylation is 2. The number of hydrogen-bond acceptors (Lipinski definition) is 2. The third-order valence-electron chi connectivity index (χ3n) is 3.22. The predicted molar refractivity (Wildman–Crippen MR) is 87.1 cm³/mol. The summed E-state index contributed by atoms with van der Waals surface area (Å²) >= 11 is 3.19. The Morgan fingerprint density at radius 3 is 2.57 bits per heavy atom. The van der Waals surface area contributed by atoms with Crippen molar-refractivity contribution in [3.63, 3.8) is 0 Å². The first-order chi connectivity index (χ1) is 9.88. The Kier molecular flexibility index (Phi) is 4.96. The smallest absolute Gasteiger partial charge is 0.336 e. The Morgan fingerprint density at radius 1 is 1.19 bits per heavy atom. The van der Waals surface area contributed by atoms with Gasteiger partial charge in [0.1, 0.15) is 0 Å². The van der Waals surface area contributed by atoms with Gasteiger partial charge < -0.3 is 5.11 Å². The van der Waals surface area contributed by atoms with Crippen LogP contribution in [-0.2, 0) is 16.6 Å². The molecule has 0 heterocycles. The lowest BCUT2D eigenvalue weighted by molar-refractivity contribution is 0.0695. The van der Waals surface area contributed by atoms with E-state index < -0.39 is 16.8 Å². The van der Waals surface area contributed by atoms with Crippen LogP contribution < -0.4 is 0 Å². The molecule has 2 aromatic rings. The Hall–Kier alpha value is -1.46. The first-order valence-corrected chi connectivity index (χ1v) is 8.47. The molecule has 5 heteroatoms. The summed E-state index contributed by atoms with van der Waals surface area (Å²) in [6.45, 7) is 3.98. The molecule has 21 heavy (non-hydrogen) atoms. The molecular weight excluding hydrogens is 352 g/mol. The number of carboxylic acid groups (broad SMARTS) is 1. The summed E-state index contributed by atoms with van der Waals surface area (Å²) in [6, 6.07) is 10.8. The van der Waals surface area contributed by atoms with E-state index in [0.717, 1.165) is 16.7 Å². The van der Waals surface area contributed by atoms with Crippen molar-refractivity contribution in [1.82, 2.24) is 0 Å². The molecule has 2 aromatic carbocycles. The van der Waals surface area contributed by atoms with E-state index in [-0.39, 0.29) is 5.56 Å². The first-order valence-electron chi connectivity index (χ1n) is 6.36. The maximum Gasteiger partial charge on any atom is 0.336 e. The highest BCUT2D eigenvalue weighted by Gasteiger charge is 2.13. The van der Waals surface area contributed by atoms with Crippen molar-refractivity contribution in [2.24, 2.45) is 0 Å². The monoisotopic (exact) mass is 366 g/mol. The van der Waals surface area contributed by atoms with Crippen molar-refractivity contribution in [1.29, 1.82) is 0 Å². The van der Waals surface area contributed by atoms with Gasteiger partial charge in [-0.3, -0.25) is 4.21 Å². The summed E-state index contributed by atoms with van der Waals surface area (Å²) in [5.74, 6) is -0.652. The highest BCUT2D eigenvalue weighted by atomic mass is 79.9. The van der Waals surface area contributed by atoms with Gasteiger partial charge in [0.25, 0.3) is 0 Å². The van der Waals surface area contributed by atoms with E-state index in [1.54, 1.807) is 12.1 Å². The predicted octanol–water partition coefficient (Wildman–Crippen LogP) is 4.07. The van der Waals surface area contributed by atoms with E-state index in [1.165, 1.54) is 6.07 Å². The number of halogens is 1. The van der Waals surface area contributed by atoms with Gasteiger partial charge in [-0.15, -0.1) is 0 Å². The molecule has 0 aliphatic carbocycles. The maximum atomic E-state index is 12.5. The standard InChI is InChI=1S/C16H15BrO3S/c1-10-3-4-11(2)12(7-10)9-21(20)13-5-6-15(17)14(8-13)16(18)19/h3-8H,9H2,1-2H3,(H,18,19). The molecule has 0 radical (unpaired) electrons. The van der Waals surface area contributed by atoms with Crippen molar-refractivity contribution in [2.75, 3.05) is 0 Å². The van der Waals surface area contributed by atoms with Crippen LogP contribution in [-0.4, -0.2) is 15.3 Å². The molecule has 1 N–H and O–H groups in total. The Labute approximate surface area is 134 Å². The molecule has 0 aliphatic heterocycles. The van der Waals surface area contributed by atoms with Crippen molar-refractivity contribution in [3.8, 4) is 0 Å². The van der Waals surface area contributed by atoms with Crippen LogP contribution >= 0.6 is 15.9 Å². The van der Waals surface area contributed by atoms with E-state index in [2.05, 4.69) is 15.9 Å². The van der Waals surface area contributed by atoms with E-state index in [1.807, 2.05) is 32.0 Å². The van der Waals surface area contributed by atoms with Crippen LogP contribution in [0.4, 0.5) is 0 Å². The molecule has 0 amide bonds. The average molecular weight is 367 g/mol. The zero-order valence-corrected chi connectivity index (χ0v) is 14.1. The van der Waals surface area contributed by atoms with Crippen molar-refractivity contribution in [3.05, 3.63) is 63.1 Å². The Balaban J connectivity index is 2.30. The quantitative estimate of drug-likeness (QED) is 0.886. The SMILES string of the molecule is Cc1ccc(C)c(CS(=O)c2ccc(Br)c(C(=O)O)c2)c1. The average Bonchev–Trinajstić information content (AvgIpc) is 2.43. The Morgan fingerprint density at radius 2 is 1.90 bits per heavy atom. The lowest BCUT2D eigenvalue weighted by Crippen LogP contribution is -2.03. The number of aromatic carboxylic acids is 1.